The topological polar surface area (TPSA) is 96.0 Å². The van der Waals surface area contributed by atoms with Gasteiger partial charge in [-0.1, -0.05) is 0 Å². The molecule has 1 radical (unpaired) electrons. The summed E-state index contributed by atoms with van der Waals surface area (Å²) < 4.78 is 59.7. The molecule has 0 aliphatic heterocycles. The zero-order valence-corrected chi connectivity index (χ0v) is 19.1. The second-order valence-electron chi connectivity index (χ2n) is 6.00. The molecule has 3 aromatic rings. The summed E-state index contributed by atoms with van der Waals surface area (Å²) in [7, 11) is 1.54. The average Bonchev–Trinajstić information content (AvgIpc) is 3.03. The third kappa shape index (κ3) is 5.76. The van der Waals surface area contributed by atoms with Crippen molar-refractivity contribution in [2.24, 2.45) is 0 Å². The van der Waals surface area contributed by atoms with Crippen molar-refractivity contribution in [3.05, 3.63) is 35.2 Å². The normalized spacial score (nSPS) is 12.5. The van der Waals surface area contributed by atoms with Crippen molar-refractivity contribution in [1.82, 2.24) is 19.9 Å². The SMILES string of the molecule is COc1ccnc(C[S+]([O-])c2nc3cc(C)c(OCC(F)(F)F)nc3[nH]2)c1C.[Na]. The van der Waals surface area contributed by atoms with Crippen LogP contribution >= 0.6 is 0 Å². The van der Waals surface area contributed by atoms with Crippen molar-refractivity contribution in [1.29, 1.82) is 0 Å². The van der Waals surface area contributed by atoms with Crippen LogP contribution in [-0.2, 0) is 16.9 Å². The van der Waals surface area contributed by atoms with Crippen LogP contribution in [0.15, 0.2) is 23.5 Å². The zero-order chi connectivity index (χ0) is 20.5. The number of ether oxygens (including phenoxy) is 2. The fourth-order valence-electron chi connectivity index (χ4n) is 2.52. The van der Waals surface area contributed by atoms with Crippen LogP contribution in [0, 0.1) is 13.8 Å². The quantitative estimate of drug-likeness (QED) is 0.471. The van der Waals surface area contributed by atoms with Crippen LogP contribution in [0.25, 0.3) is 11.2 Å². The molecule has 3 rings (SSSR count). The summed E-state index contributed by atoms with van der Waals surface area (Å²) in [5, 5.41) is 0.152. The molecular formula is C17H17F3N4NaO3S. The minimum atomic E-state index is -4.47. The minimum Gasteiger partial charge on any atom is -0.609 e. The first-order chi connectivity index (χ1) is 13.2. The van der Waals surface area contributed by atoms with E-state index < -0.39 is 24.0 Å². The molecule has 0 aromatic carbocycles. The maximum absolute atomic E-state index is 12.7. The fourth-order valence-corrected chi connectivity index (χ4v) is 3.61. The Labute approximate surface area is 189 Å². The molecule has 151 valence electrons. The number of pyridine rings is 2. The molecule has 3 aromatic heterocycles. The Hall–Kier alpha value is -1.53. The standard InChI is InChI=1S/C17H17F3N4O3S.Na/c1-9-6-11-14(23-15(9)27-8-17(18,19)20)24-16(22-11)28(25)7-12-10(2)13(26-3)4-5-21-12;/h4-6H,7-8H2,1-3H3,(H,22,23,24);. The van der Waals surface area contributed by atoms with E-state index in [0.29, 0.717) is 22.5 Å². The maximum atomic E-state index is 12.7. The van der Waals surface area contributed by atoms with E-state index in [-0.39, 0.29) is 52.0 Å². The predicted octanol–water partition coefficient (Wildman–Crippen LogP) is 2.85. The van der Waals surface area contributed by atoms with Gasteiger partial charge in [0.1, 0.15) is 11.3 Å². The van der Waals surface area contributed by atoms with Crippen molar-refractivity contribution in [2.45, 2.75) is 30.9 Å². The Morgan fingerprint density at radius 2 is 1.97 bits per heavy atom. The van der Waals surface area contributed by atoms with Crippen LogP contribution < -0.4 is 9.47 Å². The van der Waals surface area contributed by atoms with Crippen molar-refractivity contribution in [2.75, 3.05) is 13.7 Å². The molecule has 0 aliphatic rings. The molecule has 29 heavy (non-hydrogen) atoms. The molecule has 0 amide bonds. The Kier molecular flexibility index (Phi) is 7.80. The van der Waals surface area contributed by atoms with E-state index in [2.05, 4.69) is 19.9 Å². The molecule has 3 heterocycles. The number of halogens is 3. The van der Waals surface area contributed by atoms with Gasteiger partial charge in [0, 0.05) is 58.1 Å². The second-order valence-corrected chi connectivity index (χ2v) is 7.37. The van der Waals surface area contributed by atoms with Crippen molar-refractivity contribution in [3.8, 4) is 11.6 Å². The number of rotatable bonds is 6. The molecule has 0 saturated carbocycles. The summed E-state index contributed by atoms with van der Waals surface area (Å²) in [6.07, 6.45) is -2.91. The number of alkyl halides is 3. The van der Waals surface area contributed by atoms with E-state index >= 15 is 0 Å². The van der Waals surface area contributed by atoms with E-state index in [9.17, 15) is 17.7 Å². The minimum absolute atomic E-state index is 0. The number of hydrogen-bond acceptors (Lipinski definition) is 6. The van der Waals surface area contributed by atoms with Crippen LogP contribution in [0.1, 0.15) is 16.8 Å². The van der Waals surface area contributed by atoms with Crippen LogP contribution in [0.2, 0.25) is 0 Å². The molecule has 7 nitrogen and oxygen atoms in total. The maximum Gasteiger partial charge on any atom is 0.422 e. The Balaban J connectivity index is 0.00000300. The number of hydrogen-bond donors (Lipinski definition) is 1. The van der Waals surface area contributed by atoms with E-state index in [4.69, 9.17) is 9.47 Å². The number of methoxy groups -OCH3 is 1. The van der Waals surface area contributed by atoms with Crippen molar-refractivity contribution < 1.29 is 27.2 Å². The van der Waals surface area contributed by atoms with Crippen molar-refractivity contribution >= 4 is 51.9 Å². The molecule has 1 N–H and O–H groups in total. The molecule has 0 fully saturated rings. The van der Waals surface area contributed by atoms with E-state index in [1.54, 1.807) is 19.2 Å². The smallest absolute Gasteiger partial charge is 0.422 e. The van der Waals surface area contributed by atoms with Gasteiger partial charge in [-0.2, -0.15) is 23.1 Å². The van der Waals surface area contributed by atoms with Gasteiger partial charge in [-0.25, -0.2) is 0 Å². The molecule has 0 bridgehead atoms. The first-order valence-corrected chi connectivity index (χ1v) is 9.43. The average molecular weight is 437 g/mol. The zero-order valence-electron chi connectivity index (χ0n) is 16.3. The fraction of sp³-hybridized carbons (Fsp3) is 0.353. The predicted molar refractivity (Wildman–Crippen MR) is 102 cm³/mol. The van der Waals surface area contributed by atoms with Crippen LogP contribution in [0.4, 0.5) is 13.2 Å². The van der Waals surface area contributed by atoms with Gasteiger partial charge in [0.2, 0.25) is 5.88 Å². The van der Waals surface area contributed by atoms with Gasteiger partial charge in [-0.3, -0.25) is 9.97 Å². The molecule has 1 unspecified atom stereocenters. The van der Waals surface area contributed by atoms with E-state index in [1.165, 1.54) is 13.2 Å². The summed E-state index contributed by atoms with van der Waals surface area (Å²) >= 11 is -1.56. The summed E-state index contributed by atoms with van der Waals surface area (Å²) in [4.78, 5) is 15.3. The molecule has 12 heteroatoms. The number of aromatic nitrogens is 4. The monoisotopic (exact) mass is 437 g/mol. The first kappa shape index (κ1) is 23.7. The summed E-state index contributed by atoms with van der Waals surface area (Å²) in [5.74, 6) is 0.575. The second kappa shape index (κ2) is 9.52. The van der Waals surface area contributed by atoms with Gasteiger partial charge in [-0.15, -0.1) is 0 Å². The first-order valence-electron chi connectivity index (χ1n) is 8.11. The van der Waals surface area contributed by atoms with Gasteiger partial charge in [0.25, 0.3) is 0 Å². The number of nitrogens with zero attached hydrogens (tertiary/aromatic N) is 3. The van der Waals surface area contributed by atoms with Crippen LogP contribution in [-0.4, -0.2) is 73.9 Å². The Bertz CT molecular complexity index is 1000. The number of aromatic amines is 1. The third-order valence-corrected chi connectivity index (χ3v) is 5.09. The number of fused-ring (bicyclic) bond motifs is 1. The summed E-state index contributed by atoms with van der Waals surface area (Å²) in [6, 6.07) is 3.23. The molecule has 0 aliphatic carbocycles. The largest absolute Gasteiger partial charge is 0.609 e. The summed E-state index contributed by atoms with van der Waals surface area (Å²) in [5.41, 5.74) is 2.34. The van der Waals surface area contributed by atoms with Gasteiger partial charge in [-0.05, 0) is 26.0 Å². The number of aryl methyl sites for hydroxylation is 1. The van der Waals surface area contributed by atoms with Crippen LogP contribution in [0.5, 0.6) is 11.6 Å². The van der Waals surface area contributed by atoms with Crippen LogP contribution in [0.3, 0.4) is 0 Å². The Morgan fingerprint density at radius 3 is 2.62 bits per heavy atom. The molecule has 0 saturated heterocycles. The molecular weight excluding hydrogens is 420 g/mol. The van der Waals surface area contributed by atoms with Gasteiger partial charge < -0.3 is 14.0 Å². The van der Waals surface area contributed by atoms with E-state index in [0.717, 1.165) is 5.56 Å². The number of nitrogens with one attached hydrogen (secondary N) is 1. The van der Waals surface area contributed by atoms with Gasteiger partial charge in [0.05, 0.1) is 12.8 Å². The number of H-pyrrole nitrogens is 1. The Morgan fingerprint density at radius 1 is 1.24 bits per heavy atom. The summed E-state index contributed by atoms with van der Waals surface area (Å²) in [6.45, 7) is 1.93. The van der Waals surface area contributed by atoms with Gasteiger partial charge in [0.15, 0.2) is 18.0 Å². The molecule has 0 spiro atoms. The number of imidazole rings is 1. The van der Waals surface area contributed by atoms with Crippen molar-refractivity contribution in [3.63, 3.8) is 0 Å². The third-order valence-electron chi connectivity index (χ3n) is 3.93. The van der Waals surface area contributed by atoms with Gasteiger partial charge >= 0.3 is 11.3 Å². The van der Waals surface area contributed by atoms with E-state index in [1.807, 2.05) is 6.92 Å². The molecule has 1 atom stereocenters.